The Morgan fingerprint density at radius 3 is 1.51 bits per heavy atom. The van der Waals surface area contributed by atoms with E-state index in [-0.39, 0.29) is 78.5 Å². The summed E-state index contributed by atoms with van der Waals surface area (Å²) in [6, 6.07) is 17.8. The fraction of sp³-hybridized carbons (Fsp3) is 0.696. The van der Waals surface area contributed by atoms with Crippen LogP contribution in [0.15, 0.2) is 65.1 Å². The molecule has 3 amide bonds. The van der Waals surface area contributed by atoms with Gasteiger partial charge in [0.1, 0.15) is 52.9 Å². The predicted molar refractivity (Wildman–Crippen MR) is 466 cm³/mol. The summed E-state index contributed by atoms with van der Waals surface area (Å²) in [7, 11) is 10.7. The highest BCUT2D eigenvalue weighted by Crippen LogP contribution is 2.63. The van der Waals surface area contributed by atoms with Crippen LogP contribution in [0.1, 0.15) is 206 Å². The van der Waals surface area contributed by atoms with E-state index in [2.05, 4.69) is 145 Å². The van der Waals surface area contributed by atoms with Gasteiger partial charge < -0.3 is 85.3 Å². The summed E-state index contributed by atoms with van der Waals surface area (Å²) in [4.78, 5) is 69.8. The molecule has 5 aliphatic heterocycles. The number of fused-ring (bicyclic) bond motifs is 6. The number of nitrogens with zero attached hydrogens (tertiary/aromatic N) is 4. The molecular formula is C92H142BBrN8O17. The summed E-state index contributed by atoms with van der Waals surface area (Å²) >= 11 is 3.27. The summed E-state index contributed by atoms with van der Waals surface area (Å²) in [5.41, 5.74) is 12.5. The lowest BCUT2D eigenvalue weighted by molar-refractivity contribution is -0.183. The minimum absolute atomic E-state index is 0.0268. The third-order valence-electron chi connectivity index (χ3n) is 27.5. The van der Waals surface area contributed by atoms with Gasteiger partial charge in [-0.2, -0.15) is 10.1 Å². The second-order valence-electron chi connectivity index (χ2n) is 40.5. The Balaban J connectivity index is 0.000000199. The number of hydrogen-bond acceptors (Lipinski definition) is 21. The molecule has 3 saturated heterocycles. The van der Waals surface area contributed by atoms with Gasteiger partial charge in [0.15, 0.2) is 0 Å². The minimum Gasteiger partial charge on any atom is -0.497 e. The number of carboxylic acids is 1. The van der Waals surface area contributed by atoms with Crippen molar-refractivity contribution >= 4 is 52.2 Å². The fourth-order valence-electron chi connectivity index (χ4n) is 20.6. The second-order valence-corrected chi connectivity index (χ2v) is 41.5. The number of amides is 3. The van der Waals surface area contributed by atoms with Gasteiger partial charge in [-0.05, 0) is 206 Å². The number of methoxy groups -OCH3 is 2. The number of likely N-dealkylation sites (N-methyl/N-ethyl adjacent to an activating group) is 2. The number of nitrogens with two attached hydrogens (primary N) is 1. The first-order valence-corrected chi connectivity index (χ1v) is 43.9. The standard InChI is InChI=1S/C43H64N4O7.C31H49BN2O7.C9H7BrO3.C9H22N2/c1-24-33-18-29(43(33,6)7)19-34(24)45-41(51)37-36(25(2)49)35(23-48)54-47(37)21-27-12-11-13-31(38(27)52-10)28-16-26-14-15-53-39(26)32(17-28)40(50)44-30(22-46(8)9)20-42(3,4)5;1-17-21-13-20(29(21,3)4)14-23(17)33-28(37)26-25(18(2)36)24(16-35)39-34(26)15-19-11-10-12-22(27(19)38-9)32-40-30(5,6)31(7,8)41-32;10-6-3-5-1-2-13-8(5)7(4-6)9(11)12;1-9(2,3)6-8(10)7-11(4)5/h11-13,16-17,24-25,29-30,33-37,48-49H,14-15,18-23H2,1-10H3,(H,44,50)(H,45,51);10-12,17-18,20-21,23-26,35-36H,13-16H2,1-9H3,(H,33,37);3-4H,1-2H2,(H,11,12);8H,6-7,10H2,1-5H3/t24-,25-,29+,30-,33-,34-,35-,36+,37-;17-,18-,20+,21-,23-,24-,25+,26-;;8-/m00.0/s1. The molecule has 4 aromatic carbocycles. The molecule has 119 heavy (non-hydrogen) atoms. The molecular weight excluding hydrogens is 1580 g/mol. The Hall–Kier alpha value is -6.02. The van der Waals surface area contributed by atoms with Crippen LogP contribution in [0.5, 0.6) is 23.0 Å². The van der Waals surface area contributed by atoms with Crippen LogP contribution in [0.2, 0.25) is 0 Å². The predicted octanol–water partition coefficient (Wildman–Crippen LogP) is 11.1. The number of hydroxylamine groups is 4. The van der Waals surface area contributed by atoms with Gasteiger partial charge in [-0.3, -0.25) is 24.1 Å². The summed E-state index contributed by atoms with van der Waals surface area (Å²) in [6.07, 6.45) is 4.48. The maximum atomic E-state index is 14.3. The summed E-state index contributed by atoms with van der Waals surface area (Å²) in [5.74, 6) is 2.63. The summed E-state index contributed by atoms with van der Waals surface area (Å²) in [5, 5.41) is 64.3. The van der Waals surface area contributed by atoms with E-state index in [1.807, 2.05) is 90.3 Å². The third-order valence-corrected chi connectivity index (χ3v) is 27.9. The molecule has 4 bridgehead atoms. The lowest BCUT2D eigenvalue weighted by Gasteiger charge is -2.62. The van der Waals surface area contributed by atoms with Gasteiger partial charge in [0.2, 0.25) is 11.8 Å². The highest BCUT2D eigenvalue weighted by atomic mass is 79.9. The number of aromatic carboxylic acids is 1. The molecule has 25 nitrogen and oxygen atoms in total. The van der Waals surface area contributed by atoms with Crippen LogP contribution >= 0.6 is 15.9 Å². The average Bonchev–Trinajstić information content (AvgIpc) is 1.20. The molecule has 6 aliphatic carbocycles. The molecule has 0 unspecified atom stereocenters. The van der Waals surface area contributed by atoms with Crippen molar-refractivity contribution in [3.63, 3.8) is 0 Å². The van der Waals surface area contributed by atoms with Crippen molar-refractivity contribution in [3.05, 3.63) is 98.5 Å². The zero-order chi connectivity index (χ0) is 87.8. The highest BCUT2D eigenvalue weighted by molar-refractivity contribution is 9.10. The lowest BCUT2D eigenvalue weighted by Crippen LogP contribution is -2.62. The van der Waals surface area contributed by atoms with E-state index < -0.39 is 72.6 Å². The first-order chi connectivity index (χ1) is 55.5. The molecule has 6 saturated carbocycles. The zero-order valence-corrected chi connectivity index (χ0v) is 77.0. The van der Waals surface area contributed by atoms with Crippen LogP contribution in [-0.4, -0.2) is 230 Å². The molecule has 15 rings (SSSR count). The van der Waals surface area contributed by atoms with Gasteiger partial charge in [-0.15, -0.1) is 0 Å². The summed E-state index contributed by atoms with van der Waals surface area (Å²) in [6.45, 7) is 40.9. The van der Waals surface area contributed by atoms with Crippen LogP contribution < -0.4 is 46.1 Å². The SMILES string of the molecule is CN(C)C[C@@H](N)CC(C)(C)C.COc1c(CN2O[C@@H](CO)[C@@H]([C@H](C)O)[C@H]2C(=O)N[C@H]2C[C@H]3C[C@@H]([C@@H]2C)C3(C)C)cccc1-c1cc2c(c(C(=O)N[C@H](CN(C)C)CC(C)(C)C)c1)OCC2.COc1c(CN2O[C@@H](CO)[C@@H]([C@H](C)O)[C@H]2C(=O)N[C@H]2C[C@H]3C[C@@H]([C@@H]2C)C3(C)C)cccc1B1OC(C)(C)C(C)(C)O1.O=C(O)c1cc(Br)cc2c1OCC2. The topological polar surface area (TPSA) is 318 Å². The van der Waals surface area contributed by atoms with Gasteiger partial charge in [0.05, 0.1) is 82.7 Å². The van der Waals surface area contributed by atoms with Crippen LogP contribution in [0.25, 0.3) is 11.1 Å². The molecule has 4 aromatic rings. The van der Waals surface area contributed by atoms with E-state index in [1.54, 1.807) is 44.3 Å². The number of halogens is 1. The van der Waals surface area contributed by atoms with E-state index >= 15 is 0 Å². The number of hydrogen-bond donors (Lipinski definition) is 9. The van der Waals surface area contributed by atoms with Gasteiger partial charge >= 0.3 is 13.1 Å². The van der Waals surface area contributed by atoms with Crippen molar-refractivity contribution < 1.29 is 82.6 Å². The molecule has 662 valence electrons. The highest BCUT2D eigenvalue weighted by Gasteiger charge is 2.60. The monoisotopic (exact) mass is 1720 g/mol. The number of carboxylic acid groups (broad SMARTS) is 1. The number of aliphatic hydroxyl groups excluding tert-OH is 4. The molecule has 0 aromatic heterocycles. The van der Waals surface area contributed by atoms with E-state index in [0.717, 1.165) is 82.0 Å². The first kappa shape index (κ1) is 95.2. The van der Waals surface area contributed by atoms with E-state index in [4.69, 9.17) is 48.8 Å². The molecule has 0 radical (unpaired) electrons. The van der Waals surface area contributed by atoms with E-state index in [0.29, 0.717) is 107 Å². The molecule has 9 fully saturated rings. The molecule has 10 N–H and O–H groups in total. The van der Waals surface area contributed by atoms with Crippen molar-refractivity contribution in [2.24, 2.45) is 74.7 Å². The normalized spacial score (nSPS) is 28.3. The van der Waals surface area contributed by atoms with Gasteiger partial charge in [-0.25, -0.2) is 4.79 Å². The lowest BCUT2D eigenvalue weighted by atomic mass is 9.45. The maximum Gasteiger partial charge on any atom is 0.498 e. The van der Waals surface area contributed by atoms with Crippen LogP contribution in [-0.2, 0) is 54.5 Å². The third kappa shape index (κ3) is 21.5. The maximum absolute atomic E-state index is 14.3. The second kappa shape index (κ2) is 38.2. The largest absolute Gasteiger partial charge is 0.498 e. The van der Waals surface area contributed by atoms with Crippen LogP contribution in [0.3, 0.4) is 0 Å². The van der Waals surface area contributed by atoms with Crippen LogP contribution in [0, 0.1) is 69.0 Å². The summed E-state index contributed by atoms with van der Waals surface area (Å²) < 4.78 is 36.7. The molecule has 11 aliphatic rings. The molecule has 5 heterocycles. The number of rotatable bonds is 25. The number of nitrogens with one attached hydrogen (secondary N) is 3. The van der Waals surface area contributed by atoms with E-state index in [9.17, 15) is 39.6 Å². The van der Waals surface area contributed by atoms with Crippen molar-refractivity contribution in [1.29, 1.82) is 0 Å². The quantitative estimate of drug-likeness (QED) is 0.0278. The number of ether oxygens (including phenoxy) is 4. The Bertz CT molecular complexity index is 4170. The van der Waals surface area contributed by atoms with Gasteiger partial charge in [0.25, 0.3) is 5.91 Å². The Kier molecular flexibility index (Phi) is 30.6. The molecule has 0 spiro atoms. The van der Waals surface area contributed by atoms with Crippen molar-refractivity contribution in [1.82, 2.24) is 35.9 Å². The molecule has 18 atom stereocenters. The Labute approximate surface area is 717 Å². The first-order valence-electron chi connectivity index (χ1n) is 43.1. The fourth-order valence-corrected chi connectivity index (χ4v) is 21.1. The number of para-hydroxylation sites is 2. The van der Waals surface area contributed by atoms with Gasteiger partial charge in [-0.1, -0.05) is 135 Å². The number of carbonyl (C=O) groups excluding carboxylic acids is 3. The van der Waals surface area contributed by atoms with Crippen molar-refractivity contribution in [3.8, 4) is 34.1 Å². The number of carbonyl (C=O) groups is 4. The number of benzene rings is 4. The molecule has 27 heteroatoms. The minimum atomic E-state index is -0.945. The zero-order valence-electron chi connectivity index (χ0n) is 75.4. The van der Waals surface area contributed by atoms with Gasteiger partial charge in [0, 0.05) is 88.6 Å². The van der Waals surface area contributed by atoms with Crippen molar-refractivity contribution in [2.75, 3.05) is 81.9 Å². The van der Waals surface area contributed by atoms with Crippen molar-refractivity contribution in [2.45, 2.75) is 261 Å². The smallest absolute Gasteiger partial charge is 0.497 e. The van der Waals surface area contributed by atoms with Crippen LogP contribution in [0.4, 0.5) is 0 Å². The Morgan fingerprint density at radius 2 is 1.09 bits per heavy atom. The van der Waals surface area contributed by atoms with E-state index in [1.165, 1.54) is 12.8 Å². The number of aliphatic hydroxyl groups is 4. The Morgan fingerprint density at radius 1 is 0.639 bits per heavy atom. The average molecular weight is 1720 g/mol.